The Morgan fingerprint density at radius 2 is 2.35 bits per heavy atom. The minimum Gasteiger partial charge on any atom is -0.469 e. The Morgan fingerprint density at radius 1 is 1.57 bits per heavy atom. The highest BCUT2D eigenvalue weighted by atomic mass is 79.9. The summed E-state index contributed by atoms with van der Waals surface area (Å²) < 4.78 is 20.0. The number of hydrogen-bond donors (Lipinski definition) is 1. The van der Waals surface area contributed by atoms with Crippen LogP contribution in [0.15, 0.2) is 29.3 Å². The van der Waals surface area contributed by atoms with Crippen molar-refractivity contribution in [3.05, 3.63) is 46.3 Å². The number of rotatable bonds is 4. The number of fused-ring (bicyclic) bond motifs is 3. The van der Waals surface area contributed by atoms with Gasteiger partial charge >= 0.3 is 5.97 Å². The first-order chi connectivity index (χ1) is 11.0. The molecule has 0 saturated carbocycles. The van der Waals surface area contributed by atoms with Gasteiger partial charge in [-0.1, -0.05) is 22.0 Å². The molecule has 3 nitrogen and oxygen atoms in total. The third kappa shape index (κ3) is 2.61. The summed E-state index contributed by atoms with van der Waals surface area (Å²) in [5.74, 6) is -0.527. The monoisotopic (exact) mass is 379 g/mol. The second-order valence-corrected chi connectivity index (χ2v) is 6.99. The van der Waals surface area contributed by atoms with Crippen molar-refractivity contribution in [2.24, 2.45) is 0 Å². The van der Waals surface area contributed by atoms with Gasteiger partial charge in [-0.2, -0.15) is 0 Å². The van der Waals surface area contributed by atoms with Crippen molar-refractivity contribution in [1.82, 2.24) is 4.98 Å². The van der Waals surface area contributed by atoms with E-state index in [0.717, 1.165) is 40.4 Å². The quantitative estimate of drug-likeness (QED) is 0.613. The molecule has 1 aliphatic carbocycles. The molecule has 23 heavy (non-hydrogen) atoms. The van der Waals surface area contributed by atoms with E-state index in [1.54, 1.807) is 6.07 Å². The van der Waals surface area contributed by atoms with Gasteiger partial charge in [0.25, 0.3) is 0 Å². The zero-order valence-corrected chi connectivity index (χ0v) is 14.6. The van der Waals surface area contributed by atoms with Crippen LogP contribution in [0.25, 0.3) is 10.9 Å². The van der Waals surface area contributed by atoms with Gasteiger partial charge < -0.3 is 9.72 Å². The number of esters is 1. The maximum Gasteiger partial charge on any atom is 0.306 e. The van der Waals surface area contributed by atoms with Crippen LogP contribution in [0, 0.1) is 5.82 Å². The molecular weight excluding hydrogens is 361 g/mol. The number of allylic oxidation sites excluding steroid dienone is 1. The van der Waals surface area contributed by atoms with Gasteiger partial charge in [-0.25, -0.2) is 4.39 Å². The Bertz CT molecular complexity index is 783. The number of aromatic amines is 1. The number of aromatic nitrogens is 1. The number of aryl methyl sites for hydroxylation is 1. The molecule has 1 N–H and O–H groups in total. The fourth-order valence-electron chi connectivity index (χ4n) is 3.80. The van der Waals surface area contributed by atoms with Crippen LogP contribution < -0.4 is 0 Å². The van der Waals surface area contributed by atoms with Crippen LogP contribution in [0.3, 0.4) is 0 Å². The topological polar surface area (TPSA) is 42.1 Å². The predicted molar refractivity (Wildman–Crippen MR) is 92.0 cm³/mol. The molecule has 0 aliphatic heterocycles. The first-order valence-electron chi connectivity index (χ1n) is 7.69. The molecule has 0 radical (unpaired) electrons. The third-order valence-corrected chi connectivity index (χ3v) is 5.48. The molecule has 1 heterocycles. The highest BCUT2D eigenvalue weighted by Gasteiger charge is 2.40. The average Bonchev–Trinajstić information content (AvgIpc) is 2.94. The van der Waals surface area contributed by atoms with Crippen molar-refractivity contribution in [1.29, 1.82) is 0 Å². The van der Waals surface area contributed by atoms with Crippen LogP contribution in [0.5, 0.6) is 0 Å². The zero-order valence-electron chi connectivity index (χ0n) is 13.0. The lowest BCUT2D eigenvalue weighted by Crippen LogP contribution is -2.33. The van der Waals surface area contributed by atoms with E-state index in [0.29, 0.717) is 11.9 Å². The lowest BCUT2D eigenvalue weighted by Gasteiger charge is -2.36. The Hall–Kier alpha value is -1.62. The van der Waals surface area contributed by atoms with Gasteiger partial charge in [0.15, 0.2) is 0 Å². The van der Waals surface area contributed by atoms with Gasteiger partial charge in [-0.05, 0) is 43.4 Å². The van der Waals surface area contributed by atoms with Crippen LogP contribution in [0.4, 0.5) is 4.39 Å². The van der Waals surface area contributed by atoms with Crippen LogP contribution in [-0.2, 0) is 21.4 Å². The number of nitrogens with one attached hydrogen (secondary N) is 1. The minimum absolute atomic E-state index is 0.252. The minimum atomic E-state index is -0.396. The fraction of sp³-hybridized carbons (Fsp3) is 0.389. The van der Waals surface area contributed by atoms with Crippen LogP contribution >= 0.6 is 15.9 Å². The average molecular weight is 380 g/mol. The molecule has 1 aromatic heterocycles. The van der Waals surface area contributed by atoms with Crippen LogP contribution in [-0.4, -0.2) is 18.1 Å². The van der Waals surface area contributed by atoms with Crippen LogP contribution in [0.2, 0.25) is 0 Å². The first-order valence-corrected chi connectivity index (χ1v) is 8.48. The summed E-state index contributed by atoms with van der Waals surface area (Å²) in [6.45, 7) is 3.85. The van der Waals surface area contributed by atoms with Crippen LogP contribution in [0.1, 0.15) is 36.9 Å². The largest absolute Gasteiger partial charge is 0.469 e. The molecule has 1 atom stereocenters. The maximum atomic E-state index is 14.3. The molecule has 1 unspecified atom stereocenters. The molecule has 2 aromatic rings. The van der Waals surface area contributed by atoms with E-state index >= 15 is 0 Å². The molecule has 1 aliphatic rings. The number of H-pyrrole nitrogens is 1. The summed E-state index contributed by atoms with van der Waals surface area (Å²) in [5, 5.41) is 0.887. The molecular formula is C18H19BrFNO2. The summed E-state index contributed by atoms with van der Waals surface area (Å²) in [5.41, 5.74) is 2.16. The van der Waals surface area contributed by atoms with Crippen molar-refractivity contribution in [2.45, 2.75) is 37.5 Å². The van der Waals surface area contributed by atoms with Crippen molar-refractivity contribution in [3.8, 4) is 0 Å². The number of halogens is 2. The highest BCUT2D eigenvalue weighted by Crippen LogP contribution is 2.46. The molecule has 0 saturated heterocycles. The molecule has 1 aromatic carbocycles. The van der Waals surface area contributed by atoms with Gasteiger partial charge in [0.05, 0.1) is 19.0 Å². The van der Waals surface area contributed by atoms with Crippen molar-refractivity contribution in [3.63, 3.8) is 0 Å². The van der Waals surface area contributed by atoms with E-state index in [1.165, 1.54) is 13.2 Å². The molecule has 122 valence electrons. The number of hydrogen-bond acceptors (Lipinski definition) is 2. The number of ether oxygens (including phenoxy) is 1. The van der Waals surface area contributed by atoms with E-state index in [4.69, 9.17) is 4.74 Å². The number of carbonyl (C=O) groups is 1. The predicted octanol–water partition coefficient (Wildman–Crippen LogP) is 4.78. The maximum absolute atomic E-state index is 14.3. The highest BCUT2D eigenvalue weighted by molar-refractivity contribution is 9.10. The standard InChI is InChI=1S/C18H19BrFNO2/c1-3-8-18(10-14(22)23-2)9-4-5-11-15-12(19)6-7-13(20)16(15)21-17(11)18/h3,6-7,21H,1,4-5,8-10H2,2H3. The normalized spacial score (nSPS) is 20.3. The summed E-state index contributed by atoms with van der Waals surface area (Å²) in [6, 6.07) is 3.18. The van der Waals surface area contributed by atoms with Crippen molar-refractivity contribution >= 4 is 32.8 Å². The Labute approximate surface area is 143 Å². The molecule has 0 bridgehead atoms. The lowest BCUT2D eigenvalue weighted by atomic mass is 9.69. The Morgan fingerprint density at radius 3 is 3.04 bits per heavy atom. The van der Waals surface area contributed by atoms with E-state index in [9.17, 15) is 9.18 Å². The van der Waals surface area contributed by atoms with Gasteiger partial charge in [-0.15, -0.1) is 6.58 Å². The third-order valence-electron chi connectivity index (χ3n) is 4.82. The smallest absolute Gasteiger partial charge is 0.306 e. The Kier molecular flexibility index (Phi) is 4.32. The second kappa shape index (κ2) is 6.11. The SMILES string of the molecule is C=CCC1(CC(=O)OC)CCCc2c1[nH]c1c(F)ccc(Br)c21. The summed E-state index contributed by atoms with van der Waals surface area (Å²) in [7, 11) is 1.40. The van der Waals surface area contributed by atoms with E-state index in [-0.39, 0.29) is 18.2 Å². The van der Waals surface area contributed by atoms with E-state index in [1.807, 2.05) is 6.08 Å². The van der Waals surface area contributed by atoms with Gasteiger partial charge in [-0.3, -0.25) is 4.79 Å². The van der Waals surface area contributed by atoms with Gasteiger partial charge in [0, 0.05) is 21.0 Å². The van der Waals surface area contributed by atoms with Gasteiger partial charge in [0.1, 0.15) is 5.82 Å². The van der Waals surface area contributed by atoms with Crippen molar-refractivity contribution < 1.29 is 13.9 Å². The summed E-state index contributed by atoms with van der Waals surface area (Å²) in [4.78, 5) is 15.2. The molecule has 5 heteroatoms. The van der Waals surface area contributed by atoms with Gasteiger partial charge in [0.2, 0.25) is 0 Å². The molecule has 0 spiro atoms. The molecule has 0 amide bonds. The van der Waals surface area contributed by atoms with E-state index in [2.05, 4.69) is 27.5 Å². The second-order valence-electron chi connectivity index (χ2n) is 6.14. The fourth-order valence-corrected chi connectivity index (χ4v) is 4.37. The zero-order chi connectivity index (χ0) is 16.6. The van der Waals surface area contributed by atoms with E-state index < -0.39 is 5.41 Å². The Balaban J connectivity index is 2.24. The molecule has 0 fully saturated rings. The number of benzene rings is 1. The molecule has 3 rings (SSSR count). The van der Waals surface area contributed by atoms with Crippen molar-refractivity contribution in [2.75, 3.05) is 7.11 Å². The summed E-state index contributed by atoms with van der Waals surface area (Å²) >= 11 is 3.53. The number of carbonyl (C=O) groups excluding carboxylic acids is 1. The first kappa shape index (κ1) is 16.2. The lowest BCUT2D eigenvalue weighted by molar-refractivity contribution is -0.142. The summed E-state index contributed by atoms with van der Waals surface area (Å²) in [6.07, 6.45) is 5.43. The number of methoxy groups -OCH3 is 1.